The molecule has 0 saturated heterocycles. The highest BCUT2D eigenvalue weighted by Gasteiger charge is 2.26. The van der Waals surface area contributed by atoms with Gasteiger partial charge in [-0.2, -0.15) is 0 Å². The summed E-state index contributed by atoms with van der Waals surface area (Å²) in [4.78, 5) is 23.8. The van der Waals surface area contributed by atoms with Crippen molar-refractivity contribution >= 4 is 12.1 Å². The molecule has 0 aliphatic carbocycles. The Labute approximate surface area is 176 Å². The van der Waals surface area contributed by atoms with Crippen molar-refractivity contribution in [1.82, 2.24) is 5.32 Å². The first-order valence-corrected chi connectivity index (χ1v) is 10.2. The molecule has 2 rings (SSSR count). The third-order valence-corrected chi connectivity index (χ3v) is 3.05. The Kier molecular flexibility index (Phi) is 15.4. The van der Waals surface area contributed by atoms with Gasteiger partial charge in [0.1, 0.15) is 11.6 Å². The fraction of sp³-hybridized carbons (Fsp3) is 0.636. The van der Waals surface area contributed by atoms with Crippen molar-refractivity contribution in [1.29, 1.82) is 0 Å². The number of hydrogen-bond acceptors (Lipinski definition) is 6. The van der Waals surface area contributed by atoms with Crippen molar-refractivity contribution in [3.05, 3.63) is 23.8 Å². The van der Waals surface area contributed by atoms with E-state index in [9.17, 15) is 9.59 Å². The predicted octanol–water partition coefficient (Wildman–Crippen LogP) is 5.10. The lowest BCUT2D eigenvalue weighted by Gasteiger charge is -2.22. The molecule has 0 radical (unpaired) electrons. The molecule has 1 heterocycles. The monoisotopic (exact) mass is 413 g/mol. The molecular weight excluding hydrogens is 374 g/mol. The van der Waals surface area contributed by atoms with Gasteiger partial charge in [0, 0.05) is 6.42 Å². The minimum atomic E-state index is -0.852. The van der Waals surface area contributed by atoms with Gasteiger partial charge >= 0.3 is 12.1 Å². The lowest BCUT2D eigenvalue weighted by atomic mass is 10.1. The maximum absolute atomic E-state index is 11.9. The summed E-state index contributed by atoms with van der Waals surface area (Å²) in [6, 6.07) is 4.49. The summed E-state index contributed by atoms with van der Waals surface area (Å²) in [5, 5.41) is 2.53. The fourth-order valence-corrected chi connectivity index (χ4v) is 2.09. The Morgan fingerprint density at radius 1 is 1.03 bits per heavy atom. The number of carbonyl (C=O) groups is 2. The first kappa shape index (κ1) is 28.8. The number of alkyl carbamates (subject to hydrolysis) is 1. The lowest BCUT2D eigenvalue weighted by Crippen LogP contribution is -2.45. The van der Waals surface area contributed by atoms with Gasteiger partial charge in [-0.3, -0.25) is 0 Å². The largest absolute Gasteiger partial charge is 0.467 e. The van der Waals surface area contributed by atoms with Crippen LogP contribution in [0, 0.1) is 0 Å². The summed E-state index contributed by atoms with van der Waals surface area (Å²) in [6.45, 7) is 17.4. The maximum Gasteiger partial charge on any atom is 0.408 e. The third kappa shape index (κ3) is 11.2. The molecule has 168 valence electrons. The van der Waals surface area contributed by atoms with E-state index in [4.69, 9.17) is 18.9 Å². The second-order valence-corrected chi connectivity index (χ2v) is 6.11. The number of nitrogens with one attached hydrogen (secondary N) is 1. The predicted molar refractivity (Wildman–Crippen MR) is 115 cm³/mol. The van der Waals surface area contributed by atoms with Gasteiger partial charge in [0.25, 0.3) is 0 Å². The van der Waals surface area contributed by atoms with E-state index in [1.54, 1.807) is 39.0 Å². The van der Waals surface area contributed by atoms with Crippen LogP contribution in [0.5, 0.6) is 11.5 Å². The van der Waals surface area contributed by atoms with Crippen molar-refractivity contribution in [2.45, 2.75) is 80.4 Å². The molecular formula is C22H39NO6. The molecule has 0 aromatic heterocycles. The van der Waals surface area contributed by atoms with Crippen LogP contribution in [-0.2, 0) is 20.7 Å². The van der Waals surface area contributed by atoms with E-state index >= 15 is 0 Å². The van der Waals surface area contributed by atoms with Crippen LogP contribution in [0.4, 0.5) is 4.79 Å². The van der Waals surface area contributed by atoms with Crippen molar-refractivity contribution in [2.75, 3.05) is 13.9 Å². The topological polar surface area (TPSA) is 83.1 Å². The quantitative estimate of drug-likeness (QED) is 0.691. The Hall–Kier alpha value is -2.44. The minimum Gasteiger partial charge on any atom is -0.467 e. The molecule has 29 heavy (non-hydrogen) atoms. The molecule has 7 nitrogen and oxygen atoms in total. The number of carbonyl (C=O) groups excluding carboxylic acids is 2. The molecule has 0 saturated carbocycles. The summed E-state index contributed by atoms with van der Waals surface area (Å²) in [7, 11) is 1.27. The summed E-state index contributed by atoms with van der Waals surface area (Å²) < 4.78 is 20.5. The van der Waals surface area contributed by atoms with Crippen molar-refractivity contribution in [3.63, 3.8) is 0 Å². The van der Waals surface area contributed by atoms with Crippen LogP contribution in [0.3, 0.4) is 0 Å². The van der Waals surface area contributed by atoms with Gasteiger partial charge in [-0.15, -0.1) is 0 Å². The van der Waals surface area contributed by atoms with Crippen LogP contribution in [0.2, 0.25) is 0 Å². The first-order chi connectivity index (χ1) is 13.8. The second kappa shape index (κ2) is 15.5. The van der Waals surface area contributed by atoms with Crippen LogP contribution in [-0.4, -0.2) is 37.6 Å². The van der Waals surface area contributed by atoms with Crippen LogP contribution >= 0.6 is 0 Å². The van der Waals surface area contributed by atoms with E-state index in [0.29, 0.717) is 11.5 Å². The van der Waals surface area contributed by atoms with Crippen LogP contribution in [0.25, 0.3) is 0 Å². The number of rotatable bonds is 4. The SMILES string of the molecule is CC.CC.CC.COC(=O)C(Cc1ccc2c(c1)OCO2)NC(=O)OC(C)(C)C. The molecule has 1 amide bonds. The van der Waals surface area contributed by atoms with Gasteiger partial charge in [-0.05, 0) is 38.5 Å². The zero-order valence-electron chi connectivity index (χ0n) is 19.7. The number of esters is 1. The van der Waals surface area contributed by atoms with E-state index in [1.807, 2.05) is 41.5 Å². The van der Waals surface area contributed by atoms with E-state index in [-0.39, 0.29) is 13.2 Å². The van der Waals surface area contributed by atoms with Gasteiger partial charge in [-0.1, -0.05) is 47.6 Å². The van der Waals surface area contributed by atoms with Gasteiger partial charge in [0.15, 0.2) is 11.5 Å². The highest BCUT2D eigenvalue weighted by molar-refractivity contribution is 5.81. The molecule has 1 aromatic rings. The zero-order valence-corrected chi connectivity index (χ0v) is 19.7. The normalized spacial score (nSPS) is 11.8. The average molecular weight is 414 g/mol. The van der Waals surface area contributed by atoms with Crippen molar-refractivity contribution < 1.29 is 28.5 Å². The van der Waals surface area contributed by atoms with Gasteiger partial charge in [0.05, 0.1) is 7.11 Å². The number of benzene rings is 1. The standard InChI is InChI=1S/C16H21NO6.3C2H6/c1-16(2,3)23-15(19)17-11(14(18)20-4)7-10-5-6-12-13(8-10)22-9-21-12;3*1-2/h5-6,8,11H,7,9H2,1-4H3,(H,17,19);3*1-2H3. The van der Waals surface area contributed by atoms with Crippen molar-refractivity contribution in [3.8, 4) is 11.5 Å². The van der Waals surface area contributed by atoms with E-state index in [0.717, 1.165) is 5.56 Å². The molecule has 1 aromatic carbocycles. The lowest BCUT2D eigenvalue weighted by molar-refractivity contribution is -0.143. The smallest absolute Gasteiger partial charge is 0.408 e. The molecule has 1 aliphatic rings. The third-order valence-electron chi connectivity index (χ3n) is 3.05. The van der Waals surface area contributed by atoms with Gasteiger partial charge < -0.3 is 24.3 Å². The number of fused-ring (bicyclic) bond motifs is 1. The second-order valence-electron chi connectivity index (χ2n) is 6.11. The number of amides is 1. The molecule has 1 unspecified atom stereocenters. The summed E-state index contributed by atoms with van der Waals surface area (Å²) in [6.07, 6.45) is -0.420. The Balaban J connectivity index is 0. The van der Waals surface area contributed by atoms with E-state index in [1.165, 1.54) is 7.11 Å². The molecule has 0 fully saturated rings. The number of ether oxygens (including phenoxy) is 4. The molecule has 1 atom stereocenters. The Morgan fingerprint density at radius 3 is 2.10 bits per heavy atom. The maximum atomic E-state index is 11.9. The number of methoxy groups -OCH3 is 1. The van der Waals surface area contributed by atoms with Crippen molar-refractivity contribution in [2.24, 2.45) is 0 Å². The molecule has 0 spiro atoms. The van der Waals surface area contributed by atoms with E-state index < -0.39 is 23.7 Å². The van der Waals surface area contributed by atoms with Crippen LogP contribution in [0.1, 0.15) is 67.9 Å². The van der Waals surface area contributed by atoms with Crippen LogP contribution < -0.4 is 14.8 Å². The average Bonchev–Trinajstić information content (AvgIpc) is 3.18. The first-order valence-electron chi connectivity index (χ1n) is 10.2. The van der Waals surface area contributed by atoms with Gasteiger partial charge in [-0.25, -0.2) is 9.59 Å². The summed E-state index contributed by atoms with van der Waals surface area (Å²) in [5.41, 5.74) is 0.157. The van der Waals surface area contributed by atoms with Gasteiger partial charge in [0.2, 0.25) is 6.79 Å². The molecule has 1 aliphatic heterocycles. The molecule has 1 N–H and O–H groups in total. The Bertz CT molecular complexity index is 595. The van der Waals surface area contributed by atoms with Crippen LogP contribution in [0.15, 0.2) is 18.2 Å². The highest BCUT2D eigenvalue weighted by atomic mass is 16.7. The molecule has 7 heteroatoms. The minimum absolute atomic E-state index is 0.176. The highest BCUT2D eigenvalue weighted by Crippen LogP contribution is 2.32. The van der Waals surface area contributed by atoms with E-state index in [2.05, 4.69) is 5.32 Å². The fourth-order valence-electron chi connectivity index (χ4n) is 2.09. The zero-order chi connectivity index (χ0) is 23.0. The summed E-state index contributed by atoms with van der Waals surface area (Å²) >= 11 is 0. The summed E-state index contributed by atoms with van der Waals surface area (Å²) in [5.74, 6) is 0.723. The molecule has 0 bridgehead atoms. The number of hydrogen-bond donors (Lipinski definition) is 1. The Morgan fingerprint density at radius 2 is 1.59 bits per heavy atom.